The second-order valence-electron chi connectivity index (χ2n) is 5.65. The average molecular weight is 421 g/mol. The molecule has 1 heterocycles. The third-order valence-corrected chi connectivity index (χ3v) is 5.95. The molecule has 8 heteroatoms. The van der Waals surface area contributed by atoms with E-state index in [9.17, 15) is 13.2 Å². The number of aromatic nitrogens is 1. The van der Waals surface area contributed by atoms with Gasteiger partial charge >= 0.3 is 0 Å². The first-order valence-electron chi connectivity index (χ1n) is 7.85. The minimum absolute atomic E-state index is 0.0827. The number of nitrogens with one attached hydrogen (secondary N) is 1. The van der Waals surface area contributed by atoms with Crippen LogP contribution in [0.3, 0.4) is 0 Å². The molecule has 0 bridgehead atoms. The number of amides is 1. The van der Waals surface area contributed by atoms with Crippen LogP contribution in [0.2, 0.25) is 10.0 Å². The Labute approximate surface area is 166 Å². The van der Waals surface area contributed by atoms with Crippen LogP contribution in [0.1, 0.15) is 15.9 Å². The average Bonchev–Trinajstić information content (AvgIpc) is 2.68. The lowest BCUT2D eigenvalue weighted by Crippen LogP contribution is -2.23. The van der Waals surface area contributed by atoms with E-state index in [1.54, 1.807) is 12.1 Å². The van der Waals surface area contributed by atoms with Crippen molar-refractivity contribution < 1.29 is 13.2 Å². The Kier molecular flexibility index (Phi) is 5.79. The molecule has 0 atom stereocenters. The van der Waals surface area contributed by atoms with E-state index in [2.05, 4.69) is 10.3 Å². The number of hydrogen-bond donors (Lipinski definition) is 1. The van der Waals surface area contributed by atoms with E-state index in [0.717, 1.165) is 5.56 Å². The molecule has 0 radical (unpaired) electrons. The number of carbonyl (C=O) groups is 1. The van der Waals surface area contributed by atoms with Crippen LogP contribution in [0.15, 0.2) is 76.8 Å². The van der Waals surface area contributed by atoms with Crippen LogP contribution in [-0.2, 0) is 16.4 Å². The standard InChI is InChI=1S/C19H14Cl2N2O3S/c20-15-4-1-13(2-5-15)11-23-19(24)14-3-10-18(22-12-14)27(25,26)17-8-6-16(21)7-9-17/h1-10,12H,11H2,(H,23,24). The SMILES string of the molecule is O=C(NCc1ccc(Cl)cc1)c1ccc(S(=O)(=O)c2ccc(Cl)cc2)nc1. The first kappa shape index (κ1) is 19.4. The summed E-state index contributed by atoms with van der Waals surface area (Å²) in [5.74, 6) is -0.354. The van der Waals surface area contributed by atoms with Gasteiger partial charge in [-0.1, -0.05) is 35.3 Å². The number of benzene rings is 2. The third kappa shape index (κ3) is 4.66. The third-order valence-electron chi connectivity index (χ3n) is 3.76. The van der Waals surface area contributed by atoms with Gasteiger partial charge < -0.3 is 5.32 Å². The molecule has 2 aromatic carbocycles. The summed E-state index contributed by atoms with van der Waals surface area (Å²) in [4.78, 5) is 16.2. The van der Waals surface area contributed by atoms with Gasteiger partial charge in [-0.3, -0.25) is 4.79 Å². The highest BCUT2D eigenvalue weighted by atomic mass is 35.5. The number of hydrogen-bond acceptors (Lipinski definition) is 4. The molecular weight excluding hydrogens is 407 g/mol. The number of nitrogens with zero attached hydrogens (tertiary/aromatic N) is 1. The van der Waals surface area contributed by atoms with E-state index >= 15 is 0 Å². The number of rotatable bonds is 5. The van der Waals surface area contributed by atoms with Crippen LogP contribution in [0.5, 0.6) is 0 Å². The van der Waals surface area contributed by atoms with Crippen molar-refractivity contribution in [1.82, 2.24) is 10.3 Å². The summed E-state index contributed by atoms with van der Waals surface area (Å²) in [6, 6.07) is 15.6. The molecule has 27 heavy (non-hydrogen) atoms. The van der Waals surface area contributed by atoms with Crippen LogP contribution in [0, 0.1) is 0 Å². The molecule has 0 aliphatic heterocycles. The molecule has 0 aliphatic rings. The molecule has 138 valence electrons. The summed E-state index contributed by atoms with van der Waals surface area (Å²) < 4.78 is 25.1. The van der Waals surface area contributed by atoms with E-state index in [-0.39, 0.29) is 21.4 Å². The van der Waals surface area contributed by atoms with Gasteiger partial charge in [0.25, 0.3) is 5.91 Å². The van der Waals surface area contributed by atoms with Gasteiger partial charge in [-0.15, -0.1) is 0 Å². The van der Waals surface area contributed by atoms with Crippen molar-refractivity contribution in [3.8, 4) is 0 Å². The molecule has 0 unspecified atom stereocenters. The fraction of sp³-hybridized carbons (Fsp3) is 0.0526. The van der Waals surface area contributed by atoms with Gasteiger partial charge in [-0.2, -0.15) is 0 Å². The molecule has 1 N–H and O–H groups in total. The maximum Gasteiger partial charge on any atom is 0.253 e. The van der Waals surface area contributed by atoms with Crippen molar-refractivity contribution >= 4 is 38.9 Å². The lowest BCUT2D eigenvalue weighted by atomic mass is 10.2. The predicted octanol–water partition coefficient (Wildman–Crippen LogP) is 4.15. The van der Waals surface area contributed by atoms with E-state index < -0.39 is 9.84 Å². The van der Waals surface area contributed by atoms with Crippen molar-refractivity contribution in [2.75, 3.05) is 0 Å². The highest BCUT2D eigenvalue weighted by Crippen LogP contribution is 2.21. The van der Waals surface area contributed by atoms with E-state index in [1.165, 1.54) is 42.6 Å². The second-order valence-corrected chi connectivity index (χ2v) is 8.42. The molecule has 3 rings (SSSR count). The van der Waals surface area contributed by atoms with E-state index in [0.29, 0.717) is 16.6 Å². The quantitative estimate of drug-likeness (QED) is 0.672. The van der Waals surface area contributed by atoms with Crippen LogP contribution in [0.4, 0.5) is 0 Å². The van der Waals surface area contributed by atoms with Crippen molar-refractivity contribution in [1.29, 1.82) is 0 Å². The fourth-order valence-electron chi connectivity index (χ4n) is 2.29. The fourth-order valence-corrected chi connectivity index (χ4v) is 3.72. The van der Waals surface area contributed by atoms with E-state index in [4.69, 9.17) is 23.2 Å². The minimum atomic E-state index is -3.77. The number of halogens is 2. The second kappa shape index (κ2) is 8.08. The number of sulfone groups is 1. The Balaban J connectivity index is 1.71. The summed E-state index contributed by atoms with van der Waals surface area (Å²) in [5, 5.41) is 3.66. The van der Waals surface area contributed by atoms with Gasteiger partial charge in [0, 0.05) is 22.8 Å². The molecule has 0 saturated heterocycles. The highest BCUT2D eigenvalue weighted by molar-refractivity contribution is 7.91. The maximum atomic E-state index is 12.5. The van der Waals surface area contributed by atoms with Crippen molar-refractivity contribution in [3.05, 3.63) is 88.0 Å². The van der Waals surface area contributed by atoms with Crippen molar-refractivity contribution in [2.24, 2.45) is 0 Å². The number of carbonyl (C=O) groups excluding carboxylic acids is 1. The smallest absolute Gasteiger partial charge is 0.253 e. The van der Waals surface area contributed by atoms with Crippen molar-refractivity contribution in [2.45, 2.75) is 16.5 Å². The Hall–Kier alpha value is -2.41. The molecule has 0 spiro atoms. The van der Waals surface area contributed by atoms with Gasteiger partial charge in [0.15, 0.2) is 5.03 Å². The van der Waals surface area contributed by atoms with Crippen LogP contribution in [-0.4, -0.2) is 19.3 Å². The van der Waals surface area contributed by atoms with Crippen LogP contribution < -0.4 is 5.32 Å². The molecule has 1 aromatic heterocycles. The van der Waals surface area contributed by atoms with Crippen LogP contribution >= 0.6 is 23.2 Å². The normalized spacial score (nSPS) is 11.2. The summed E-state index contributed by atoms with van der Waals surface area (Å²) in [7, 11) is -3.77. The molecule has 0 saturated carbocycles. The molecule has 0 fully saturated rings. The topological polar surface area (TPSA) is 76.1 Å². The monoisotopic (exact) mass is 420 g/mol. The molecule has 1 amide bonds. The van der Waals surface area contributed by atoms with Gasteiger partial charge in [-0.05, 0) is 54.1 Å². The van der Waals surface area contributed by atoms with Gasteiger partial charge in [-0.25, -0.2) is 13.4 Å². The lowest BCUT2D eigenvalue weighted by Gasteiger charge is -2.07. The summed E-state index contributed by atoms with van der Waals surface area (Å²) in [6.07, 6.45) is 1.24. The predicted molar refractivity (Wildman–Crippen MR) is 104 cm³/mol. The maximum absolute atomic E-state index is 12.5. The first-order valence-corrected chi connectivity index (χ1v) is 10.1. The summed E-state index contributed by atoms with van der Waals surface area (Å²) in [6.45, 7) is 0.320. The highest BCUT2D eigenvalue weighted by Gasteiger charge is 2.19. The van der Waals surface area contributed by atoms with Gasteiger partial charge in [0.1, 0.15) is 0 Å². The molecular formula is C19H14Cl2N2O3S. The lowest BCUT2D eigenvalue weighted by molar-refractivity contribution is 0.0950. The van der Waals surface area contributed by atoms with Crippen molar-refractivity contribution in [3.63, 3.8) is 0 Å². The Bertz CT molecular complexity index is 1050. The first-order chi connectivity index (χ1) is 12.9. The summed E-state index contributed by atoms with van der Waals surface area (Å²) in [5.41, 5.74) is 1.15. The molecule has 0 aliphatic carbocycles. The zero-order chi connectivity index (χ0) is 19.4. The van der Waals surface area contributed by atoms with E-state index in [1.807, 2.05) is 12.1 Å². The van der Waals surface area contributed by atoms with Gasteiger partial charge in [0.2, 0.25) is 9.84 Å². The number of pyridine rings is 1. The molecule has 5 nitrogen and oxygen atoms in total. The Morgan fingerprint density at radius 1 is 0.889 bits per heavy atom. The Morgan fingerprint density at radius 2 is 1.48 bits per heavy atom. The largest absolute Gasteiger partial charge is 0.348 e. The molecule has 3 aromatic rings. The zero-order valence-corrected chi connectivity index (χ0v) is 16.2. The Morgan fingerprint density at radius 3 is 2.04 bits per heavy atom. The zero-order valence-electron chi connectivity index (χ0n) is 13.9. The summed E-state index contributed by atoms with van der Waals surface area (Å²) >= 11 is 11.6. The van der Waals surface area contributed by atoms with Gasteiger partial charge in [0.05, 0.1) is 10.5 Å². The van der Waals surface area contributed by atoms with Crippen LogP contribution in [0.25, 0.3) is 0 Å². The minimum Gasteiger partial charge on any atom is -0.348 e.